The summed E-state index contributed by atoms with van der Waals surface area (Å²) < 4.78 is 11.1. The molecule has 2 atom stereocenters. The molecule has 1 aromatic carbocycles. The first-order chi connectivity index (χ1) is 10.3. The molecule has 21 heavy (non-hydrogen) atoms. The summed E-state index contributed by atoms with van der Waals surface area (Å²) in [7, 11) is 1.77. The van der Waals surface area contributed by atoms with Crippen LogP contribution in [-0.2, 0) is 9.47 Å². The summed E-state index contributed by atoms with van der Waals surface area (Å²) in [5.41, 5.74) is 2.00. The lowest BCUT2D eigenvalue weighted by Crippen LogP contribution is -2.35. The van der Waals surface area contributed by atoms with E-state index in [0.29, 0.717) is 5.92 Å². The fraction of sp³-hybridized carbons (Fsp3) is 0.500. The summed E-state index contributed by atoms with van der Waals surface area (Å²) in [6.45, 7) is 4.24. The number of methoxy groups -OCH3 is 1. The molecule has 0 bridgehead atoms. The Morgan fingerprint density at radius 2 is 2.24 bits per heavy atom. The minimum absolute atomic E-state index is 0.113. The molecule has 2 fully saturated rings. The van der Waals surface area contributed by atoms with Crippen LogP contribution in [0.5, 0.6) is 0 Å². The third kappa shape index (κ3) is 2.08. The second-order valence-corrected chi connectivity index (χ2v) is 6.10. The molecule has 5 nitrogen and oxygen atoms in total. The maximum Gasteiger partial charge on any atom is 0.147 e. The van der Waals surface area contributed by atoms with E-state index in [1.807, 2.05) is 30.5 Å². The van der Waals surface area contributed by atoms with Crippen molar-refractivity contribution in [1.82, 2.24) is 9.97 Å². The van der Waals surface area contributed by atoms with Crippen molar-refractivity contribution in [3.8, 4) is 0 Å². The number of para-hydroxylation sites is 2. The minimum atomic E-state index is 0.113. The summed E-state index contributed by atoms with van der Waals surface area (Å²) in [4.78, 5) is 11.6. The van der Waals surface area contributed by atoms with Crippen LogP contribution in [0.4, 0.5) is 5.82 Å². The van der Waals surface area contributed by atoms with Gasteiger partial charge in [-0.2, -0.15) is 0 Å². The van der Waals surface area contributed by atoms with Crippen molar-refractivity contribution in [3.05, 3.63) is 30.5 Å². The zero-order chi connectivity index (χ0) is 14.3. The summed E-state index contributed by atoms with van der Waals surface area (Å²) in [5.74, 6) is 1.48. The largest absolute Gasteiger partial charge is 0.384 e. The summed E-state index contributed by atoms with van der Waals surface area (Å²) in [6.07, 6.45) is 1.88. The van der Waals surface area contributed by atoms with Gasteiger partial charge in [-0.25, -0.2) is 4.98 Å². The Hall–Kier alpha value is -1.72. The maximum absolute atomic E-state index is 5.68. The van der Waals surface area contributed by atoms with Crippen LogP contribution in [0.1, 0.15) is 0 Å². The number of aromatic nitrogens is 2. The molecule has 0 amide bonds. The molecular formula is C16H19N3O2. The lowest BCUT2D eigenvalue weighted by atomic mass is 9.82. The lowest BCUT2D eigenvalue weighted by Gasteiger charge is -2.26. The Morgan fingerprint density at radius 3 is 3.10 bits per heavy atom. The van der Waals surface area contributed by atoms with Gasteiger partial charge >= 0.3 is 0 Å². The molecule has 2 aliphatic rings. The van der Waals surface area contributed by atoms with Gasteiger partial charge in [0.25, 0.3) is 0 Å². The van der Waals surface area contributed by atoms with Crippen LogP contribution >= 0.6 is 0 Å². The average molecular weight is 285 g/mol. The van der Waals surface area contributed by atoms with E-state index in [1.54, 1.807) is 7.11 Å². The first kappa shape index (κ1) is 13.0. The monoisotopic (exact) mass is 285 g/mol. The molecule has 2 aromatic rings. The van der Waals surface area contributed by atoms with Crippen molar-refractivity contribution in [2.24, 2.45) is 11.3 Å². The van der Waals surface area contributed by atoms with E-state index in [1.165, 1.54) is 0 Å². The smallest absolute Gasteiger partial charge is 0.147 e. The van der Waals surface area contributed by atoms with Crippen LogP contribution in [0.25, 0.3) is 11.0 Å². The van der Waals surface area contributed by atoms with Crippen molar-refractivity contribution in [3.63, 3.8) is 0 Å². The number of hydrogen-bond donors (Lipinski definition) is 0. The summed E-state index contributed by atoms with van der Waals surface area (Å²) >= 11 is 0. The van der Waals surface area contributed by atoms with Crippen molar-refractivity contribution in [2.45, 2.75) is 0 Å². The molecule has 1 aromatic heterocycles. The normalized spacial score (nSPS) is 28.2. The number of anilines is 1. The number of nitrogens with zero attached hydrogens (tertiary/aromatic N) is 3. The van der Waals surface area contributed by atoms with Gasteiger partial charge in [-0.05, 0) is 12.1 Å². The molecule has 0 spiro atoms. The van der Waals surface area contributed by atoms with Crippen LogP contribution in [-0.4, -0.2) is 50.0 Å². The van der Waals surface area contributed by atoms with E-state index in [-0.39, 0.29) is 5.41 Å². The molecule has 3 heterocycles. The Morgan fingerprint density at radius 1 is 1.38 bits per heavy atom. The van der Waals surface area contributed by atoms with E-state index in [0.717, 1.165) is 49.8 Å². The van der Waals surface area contributed by atoms with Gasteiger partial charge in [0, 0.05) is 31.5 Å². The summed E-state index contributed by atoms with van der Waals surface area (Å²) in [5, 5.41) is 0. The Balaban J connectivity index is 1.64. The first-order valence-corrected chi connectivity index (χ1v) is 7.34. The average Bonchev–Trinajstić information content (AvgIpc) is 3.04. The standard InChI is InChI=1S/C16H19N3O2/c1-20-10-16-9-19(7-12(16)8-21-11-16)15-6-17-13-4-2-3-5-14(13)18-15/h2-6,12H,7-11H2,1H3/t12-,16-/m0/s1. The predicted octanol–water partition coefficient (Wildman–Crippen LogP) is 1.73. The van der Waals surface area contributed by atoms with Crippen LogP contribution in [0, 0.1) is 11.3 Å². The zero-order valence-corrected chi connectivity index (χ0v) is 12.2. The highest BCUT2D eigenvalue weighted by molar-refractivity contribution is 5.75. The van der Waals surface area contributed by atoms with E-state index < -0.39 is 0 Å². The second kappa shape index (κ2) is 4.93. The van der Waals surface area contributed by atoms with Gasteiger partial charge in [-0.1, -0.05) is 12.1 Å². The van der Waals surface area contributed by atoms with E-state index in [4.69, 9.17) is 14.5 Å². The molecule has 2 aliphatic heterocycles. The van der Waals surface area contributed by atoms with Gasteiger partial charge < -0.3 is 14.4 Å². The minimum Gasteiger partial charge on any atom is -0.384 e. The lowest BCUT2D eigenvalue weighted by molar-refractivity contribution is 0.0660. The Bertz CT molecular complexity index is 663. The third-order valence-electron chi connectivity index (χ3n) is 4.71. The first-order valence-electron chi connectivity index (χ1n) is 7.34. The molecule has 0 unspecified atom stereocenters. The second-order valence-electron chi connectivity index (χ2n) is 6.10. The SMILES string of the molecule is COC[C@@]12COC[C@@H]1CN(c1cnc3ccccc3n1)C2. The quantitative estimate of drug-likeness (QED) is 0.859. The number of fused-ring (bicyclic) bond motifs is 2. The van der Waals surface area contributed by atoms with E-state index in [2.05, 4.69) is 9.88 Å². The van der Waals surface area contributed by atoms with Crippen molar-refractivity contribution < 1.29 is 9.47 Å². The topological polar surface area (TPSA) is 47.5 Å². The highest BCUT2D eigenvalue weighted by Crippen LogP contribution is 2.42. The van der Waals surface area contributed by atoms with Gasteiger partial charge in [-0.3, -0.25) is 4.98 Å². The number of ether oxygens (including phenoxy) is 2. The van der Waals surface area contributed by atoms with Gasteiger partial charge in [-0.15, -0.1) is 0 Å². The van der Waals surface area contributed by atoms with Crippen molar-refractivity contribution >= 4 is 16.9 Å². The molecule has 0 radical (unpaired) electrons. The predicted molar refractivity (Wildman–Crippen MR) is 80.4 cm³/mol. The highest BCUT2D eigenvalue weighted by atomic mass is 16.5. The van der Waals surface area contributed by atoms with E-state index in [9.17, 15) is 0 Å². The van der Waals surface area contributed by atoms with Gasteiger partial charge in [0.05, 0.1) is 37.1 Å². The van der Waals surface area contributed by atoms with Crippen LogP contribution in [0.2, 0.25) is 0 Å². The molecule has 0 saturated carbocycles. The molecule has 5 heteroatoms. The van der Waals surface area contributed by atoms with Crippen molar-refractivity contribution in [1.29, 1.82) is 0 Å². The number of hydrogen-bond acceptors (Lipinski definition) is 5. The van der Waals surface area contributed by atoms with Gasteiger partial charge in [0.1, 0.15) is 5.82 Å². The fourth-order valence-electron chi connectivity index (χ4n) is 3.60. The fourth-order valence-corrected chi connectivity index (χ4v) is 3.60. The third-order valence-corrected chi connectivity index (χ3v) is 4.71. The summed E-state index contributed by atoms with van der Waals surface area (Å²) in [6, 6.07) is 7.99. The van der Waals surface area contributed by atoms with E-state index >= 15 is 0 Å². The molecule has 4 rings (SSSR count). The molecule has 2 saturated heterocycles. The van der Waals surface area contributed by atoms with Crippen LogP contribution < -0.4 is 4.90 Å². The molecular weight excluding hydrogens is 266 g/mol. The van der Waals surface area contributed by atoms with Crippen LogP contribution in [0.3, 0.4) is 0 Å². The molecule has 110 valence electrons. The highest BCUT2D eigenvalue weighted by Gasteiger charge is 2.51. The maximum atomic E-state index is 5.68. The zero-order valence-electron chi connectivity index (χ0n) is 12.2. The molecule has 0 N–H and O–H groups in total. The van der Waals surface area contributed by atoms with Crippen molar-refractivity contribution in [2.75, 3.05) is 44.9 Å². The van der Waals surface area contributed by atoms with Gasteiger partial charge in [0.2, 0.25) is 0 Å². The Kier molecular flexibility index (Phi) is 3.05. The number of rotatable bonds is 3. The Labute approximate surface area is 123 Å². The van der Waals surface area contributed by atoms with Crippen LogP contribution in [0.15, 0.2) is 30.5 Å². The van der Waals surface area contributed by atoms with Gasteiger partial charge in [0.15, 0.2) is 0 Å². The molecule has 0 aliphatic carbocycles. The number of benzene rings is 1.